The van der Waals surface area contributed by atoms with E-state index in [4.69, 9.17) is 0 Å². The highest BCUT2D eigenvalue weighted by atomic mass is 16.6. The predicted molar refractivity (Wildman–Crippen MR) is 65.4 cm³/mol. The van der Waals surface area contributed by atoms with Gasteiger partial charge in [-0.1, -0.05) is 30.3 Å². The summed E-state index contributed by atoms with van der Waals surface area (Å²) in [5, 5.41) is 10.5. The van der Waals surface area contributed by atoms with Crippen molar-refractivity contribution in [2.24, 2.45) is 5.92 Å². The van der Waals surface area contributed by atoms with Crippen molar-refractivity contribution in [3.63, 3.8) is 0 Å². The van der Waals surface area contributed by atoms with E-state index >= 15 is 0 Å². The smallest absolute Gasteiger partial charge is 0.207 e. The molecule has 0 saturated heterocycles. The van der Waals surface area contributed by atoms with Crippen LogP contribution < -0.4 is 0 Å². The molecule has 0 bridgehead atoms. The monoisotopic (exact) mass is 235 g/mol. The van der Waals surface area contributed by atoms with E-state index in [0.29, 0.717) is 12.8 Å². The van der Waals surface area contributed by atoms with Gasteiger partial charge < -0.3 is 4.79 Å². The Kier molecular flexibility index (Phi) is 5.33. The minimum absolute atomic E-state index is 0.0184. The zero-order valence-corrected chi connectivity index (χ0v) is 9.96. The van der Waals surface area contributed by atoms with Gasteiger partial charge in [0, 0.05) is 17.3 Å². The lowest BCUT2D eigenvalue weighted by Crippen LogP contribution is -2.17. The average Bonchev–Trinajstić information content (AvgIpc) is 2.26. The zero-order valence-electron chi connectivity index (χ0n) is 9.96. The van der Waals surface area contributed by atoms with E-state index < -0.39 is 0 Å². The van der Waals surface area contributed by atoms with E-state index in [1.165, 1.54) is 6.92 Å². The lowest BCUT2D eigenvalue weighted by atomic mass is 9.95. The topological polar surface area (TPSA) is 60.2 Å². The van der Waals surface area contributed by atoms with Gasteiger partial charge in [-0.25, -0.2) is 0 Å². The third-order valence-electron chi connectivity index (χ3n) is 2.67. The van der Waals surface area contributed by atoms with Crippen LogP contribution in [0.3, 0.4) is 0 Å². The molecular formula is C13H17NO3. The summed E-state index contributed by atoms with van der Waals surface area (Å²) in [4.78, 5) is 21.2. The van der Waals surface area contributed by atoms with E-state index in [0.717, 1.165) is 12.0 Å². The highest BCUT2D eigenvalue weighted by molar-refractivity contribution is 5.75. The van der Waals surface area contributed by atoms with Gasteiger partial charge in [0.15, 0.2) is 0 Å². The first-order valence-corrected chi connectivity index (χ1v) is 5.73. The quantitative estimate of drug-likeness (QED) is 0.539. The Morgan fingerprint density at radius 2 is 2.00 bits per heavy atom. The molecule has 1 aromatic carbocycles. The van der Waals surface area contributed by atoms with Crippen molar-refractivity contribution in [2.45, 2.75) is 26.2 Å². The number of hydrogen-bond donors (Lipinski definition) is 0. The molecule has 0 spiro atoms. The minimum Gasteiger partial charge on any atom is -0.300 e. The molecular weight excluding hydrogens is 218 g/mol. The normalized spacial score (nSPS) is 12.1. The lowest BCUT2D eigenvalue weighted by molar-refractivity contribution is -0.488. The third-order valence-corrected chi connectivity index (χ3v) is 2.67. The van der Waals surface area contributed by atoms with Crippen LogP contribution in [0.5, 0.6) is 0 Å². The largest absolute Gasteiger partial charge is 0.300 e. The standard InChI is InChI=1S/C13H17NO3/c1-11(15)9-13(10-14(16)17)8-7-12-5-3-2-4-6-12/h2-6,13H,7-10H2,1H3/t13-/m0/s1. The number of ketones is 1. The maximum Gasteiger partial charge on any atom is 0.207 e. The van der Waals surface area contributed by atoms with E-state index in [1.54, 1.807) is 0 Å². The van der Waals surface area contributed by atoms with Crippen LogP contribution in [0.15, 0.2) is 30.3 Å². The van der Waals surface area contributed by atoms with Crippen LogP contribution in [0.1, 0.15) is 25.3 Å². The maximum atomic E-state index is 11.0. The molecule has 92 valence electrons. The second kappa shape index (κ2) is 6.78. The molecule has 0 aliphatic rings. The summed E-state index contributed by atoms with van der Waals surface area (Å²) < 4.78 is 0. The Balaban J connectivity index is 2.48. The number of hydrogen-bond acceptors (Lipinski definition) is 3. The van der Waals surface area contributed by atoms with E-state index in [1.807, 2.05) is 30.3 Å². The minimum atomic E-state index is -0.335. The summed E-state index contributed by atoms with van der Waals surface area (Å²) in [7, 11) is 0. The van der Waals surface area contributed by atoms with Gasteiger partial charge in [-0.2, -0.15) is 0 Å². The molecule has 0 radical (unpaired) electrons. The molecule has 0 amide bonds. The number of aryl methyl sites for hydroxylation is 1. The molecule has 4 heteroatoms. The summed E-state index contributed by atoms with van der Waals surface area (Å²) in [6, 6.07) is 9.83. The predicted octanol–water partition coefficient (Wildman–Crippen LogP) is 2.49. The van der Waals surface area contributed by atoms with Gasteiger partial charge in [0.05, 0.1) is 0 Å². The molecule has 0 aliphatic carbocycles. The second-order valence-electron chi connectivity index (χ2n) is 4.31. The van der Waals surface area contributed by atoms with Crippen LogP contribution in [-0.4, -0.2) is 17.3 Å². The first kappa shape index (κ1) is 13.4. The average molecular weight is 235 g/mol. The van der Waals surface area contributed by atoms with Gasteiger partial charge in [0.1, 0.15) is 5.78 Å². The van der Waals surface area contributed by atoms with Gasteiger partial charge in [-0.05, 0) is 25.3 Å². The number of nitrogens with zero attached hydrogens (tertiary/aromatic N) is 1. The van der Waals surface area contributed by atoms with E-state index in [-0.39, 0.29) is 23.2 Å². The van der Waals surface area contributed by atoms with Crippen molar-refractivity contribution in [3.05, 3.63) is 46.0 Å². The fourth-order valence-electron chi connectivity index (χ4n) is 1.89. The zero-order chi connectivity index (χ0) is 12.7. The van der Waals surface area contributed by atoms with Crippen LogP contribution in [-0.2, 0) is 11.2 Å². The SMILES string of the molecule is CC(=O)C[C@H](CCc1ccccc1)C[N+](=O)[O-]. The molecule has 17 heavy (non-hydrogen) atoms. The Labute approximate surface area is 101 Å². The van der Waals surface area contributed by atoms with Gasteiger partial charge in [0.25, 0.3) is 0 Å². The molecule has 0 aromatic heterocycles. The highest BCUT2D eigenvalue weighted by Crippen LogP contribution is 2.14. The van der Waals surface area contributed by atoms with Crippen molar-refractivity contribution in [2.75, 3.05) is 6.54 Å². The third kappa shape index (κ3) is 5.80. The summed E-state index contributed by atoms with van der Waals surface area (Å²) in [5.41, 5.74) is 1.16. The van der Waals surface area contributed by atoms with Crippen molar-refractivity contribution >= 4 is 5.78 Å². The Morgan fingerprint density at radius 3 is 2.53 bits per heavy atom. The number of nitro groups is 1. The molecule has 0 fully saturated rings. The molecule has 0 unspecified atom stereocenters. The number of carbonyl (C=O) groups is 1. The fraction of sp³-hybridized carbons (Fsp3) is 0.462. The summed E-state index contributed by atoms with van der Waals surface area (Å²) in [6.07, 6.45) is 1.77. The second-order valence-corrected chi connectivity index (χ2v) is 4.31. The van der Waals surface area contributed by atoms with Gasteiger partial charge in [-0.3, -0.25) is 10.1 Å². The molecule has 4 nitrogen and oxygen atoms in total. The number of rotatable bonds is 7. The van der Waals surface area contributed by atoms with Crippen molar-refractivity contribution < 1.29 is 9.72 Å². The number of carbonyl (C=O) groups excluding carboxylic acids is 1. The van der Waals surface area contributed by atoms with Crippen LogP contribution >= 0.6 is 0 Å². The molecule has 1 atom stereocenters. The number of Topliss-reactive ketones (excluding diaryl/α,β-unsaturated/α-hetero) is 1. The lowest BCUT2D eigenvalue weighted by Gasteiger charge is -2.10. The number of benzene rings is 1. The molecule has 1 rings (SSSR count). The van der Waals surface area contributed by atoms with Crippen LogP contribution in [0.4, 0.5) is 0 Å². The van der Waals surface area contributed by atoms with Crippen LogP contribution in [0.2, 0.25) is 0 Å². The summed E-state index contributed by atoms with van der Waals surface area (Å²) >= 11 is 0. The van der Waals surface area contributed by atoms with Crippen molar-refractivity contribution in [1.29, 1.82) is 0 Å². The van der Waals surface area contributed by atoms with E-state index in [2.05, 4.69) is 0 Å². The highest BCUT2D eigenvalue weighted by Gasteiger charge is 2.17. The Morgan fingerprint density at radius 1 is 1.35 bits per heavy atom. The van der Waals surface area contributed by atoms with Gasteiger partial charge >= 0.3 is 0 Å². The first-order valence-electron chi connectivity index (χ1n) is 5.73. The molecule has 0 saturated carbocycles. The first-order chi connectivity index (χ1) is 8.08. The molecule has 0 heterocycles. The van der Waals surface area contributed by atoms with Gasteiger partial charge in [-0.15, -0.1) is 0 Å². The molecule has 0 N–H and O–H groups in total. The van der Waals surface area contributed by atoms with Gasteiger partial charge in [0.2, 0.25) is 6.54 Å². The maximum absolute atomic E-state index is 11.0. The Hall–Kier alpha value is -1.71. The van der Waals surface area contributed by atoms with Crippen molar-refractivity contribution in [1.82, 2.24) is 0 Å². The van der Waals surface area contributed by atoms with Crippen LogP contribution in [0, 0.1) is 16.0 Å². The van der Waals surface area contributed by atoms with E-state index in [9.17, 15) is 14.9 Å². The van der Waals surface area contributed by atoms with Crippen LogP contribution in [0.25, 0.3) is 0 Å². The summed E-state index contributed by atoms with van der Waals surface area (Å²) in [5.74, 6) is -0.132. The molecule has 0 aliphatic heterocycles. The summed E-state index contributed by atoms with van der Waals surface area (Å²) in [6.45, 7) is 1.36. The van der Waals surface area contributed by atoms with Crippen molar-refractivity contribution in [3.8, 4) is 0 Å². The molecule has 1 aromatic rings. The Bertz CT molecular complexity index is 360. The fourth-order valence-corrected chi connectivity index (χ4v) is 1.89.